The van der Waals surface area contributed by atoms with Gasteiger partial charge in [-0.25, -0.2) is 0 Å². The summed E-state index contributed by atoms with van der Waals surface area (Å²) in [5.74, 6) is 1.26. The second-order valence-electron chi connectivity index (χ2n) is 11.9. The smallest absolute Gasteiger partial charge is 0.261 e. The summed E-state index contributed by atoms with van der Waals surface area (Å²) in [5.41, 5.74) is 8.47. The minimum Gasteiger partial charge on any atom is -0.493 e. The Balaban J connectivity index is 1.14. The Kier molecular flexibility index (Phi) is 8.81. The summed E-state index contributed by atoms with van der Waals surface area (Å²) in [7, 11) is 3.05. The number of rotatable bonds is 11. The van der Waals surface area contributed by atoms with Gasteiger partial charge >= 0.3 is 0 Å². The molecule has 48 heavy (non-hydrogen) atoms. The molecule has 2 amide bonds. The number of benzene rings is 2. The number of hydrogen-bond donors (Lipinski definition) is 1. The molecule has 0 aromatic heterocycles. The number of allylic oxidation sites excluding steroid dienone is 4. The van der Waals surface area contributed by atoms with E-state index in [9.17, 15) is 9.59 Å². The van der Waals surface area contributed by atoms with Crippen molar-refractivity contribution in [1.29, 1.82) is 0 Å². The fourth-order valence-corrected chi connectivity index (χ4v) is 6.30. The van der Waals surface area contributed by atoms with Gasteiger partial charge in [0.2, 0.25) is 0 Å². The van der Waals surface area contributed by atoms with Crippen molar-refractivity contribution in [2.45, 2.75) is 44.3 Å². The van der Waals surface area contributed by atoms with Crippen LogP contribution in [0, 0.1) is 0 Å². The van der Waals surface area contributed by atoms with E-state index in [2.05, 4.69) is 11.6 Å². The summed E-state index contributed by atoms with van der Waals surface area (Å²) < 4.78 is 23.3. The van der Waals surface area contributed by atoms with Gasteiger partial charge < -0.3 is 24.7 Å². The van der Waals surface area contributed by atoms with E-state index in [1.165, 1.54) is 19.1 Å². The molecule has 2 N–H and O–H groups in total. The first kappa shape index (κ1) is 32.5. The topological polar surface area (TPSA) is 128 Å². The lowest BCUT2D eigenvalue weighted by Gasteiger charge is -2.30. The molecular weight excluding hydrogens is 610 g/mol. The Bertz CT molecular complexity index is 1860. The zero-order valence-electron chi connectivity index (χ0n) is 27.6. The molecule has 1 unspecified atom stereocenters. The zero-order chi connectivity index (χ0) is 34.1. The Morgan fingerprint density at radius 3 is 1.85 bits per heavy atom. The summed E-state index contributed by atoms with van der Waals surface area (Å²) in [6, 6.07) is 6.70. The van der Waals surface area contributed by atoms with Gasteiger partial charge in [-0.2, -0.15) is 0 Å². The SMILES string of the molecule is C=CC12C=Nc3cc(OCCCOc4cc5c(cc4OC)C(=O)N4C=C(/C=C/C)C[C@@]4(N)C=N5)c(OC)cc3C(=O)N1C=C(/C=C/C)C2. The van der Waals surface area contributed by atoms with E-state index in [1.54, 1.807) is 53.9 Å². The molecule has 6 rings (SSSR count). The number of fused-ring (bicyclic) bond motifs is 4. The van der Waals surface area contributed by atoms with Crippen LogP contribution < -0.4 is 24.7 Å². The number of nitrogens with zero attached hydrogens (tertiary/aromatic N) is 4. The summed E-state index contributed by atoms with van der Waals surface area (Å²) in [5, 5.41) is 0. The zero-order valence-corrected chi connectivity index (χ0v) is 27.6. The lowest BCUT2D eigenvalue weighted by molar-refractivity contribution is 0.0752. The first-order valence-corrected chi connectivity index (χ1v) is 15.8. The predicted molar refractivity (Wildman–Crippen MR) is 185 cm³/mol. The van der Waals surface area contributed by atoms with Crippen LogP contribution in [0.4, 0.5) is 11.4 Å². The van der Waals surface area contributed by atoms with E-state index in [1.807, 2.05) is 44.4 Å². The van der Waals surface area contributed by atoms with Crippen LogP contribution in [0.3, 0.4) is 0 Å². The third-order valence-corrected chi connectivity index (χ3v) is 8.70. The lowest BCUT2D eigenvalue weighted by atomic mass is 9.94. The normalized spacial score (nSPS) is 22.5. The summed E-state index contributed by atoms with van der Waals surface area (Å²) in [6.07, 6.45) is 18.1. The second-order valence-corrected chi connectivity index (χ2v) is 11.9. The first-order chi connectivity index (χ1) is 23.2. The van der Waals surface area contributed by atoms with Crippen LogP contribution in [-0.2, 0) is 0 Å². The number of carbonyl (C=O) groups excluding carboxylic acids is 2. The fraction of sp³-hybridized carbons (Fsp3) is 0.297. The molecule has 0 spiro atoms. The van der Waals surface area contributed by atoms with Gasteiger partial charge in [0.1, 0.15) is 11.2 Å². The first-order valence-electron chi connectivity index (χ1n) is 15.8. The van der Waals surface area contributed by atoms with E-state index >= 15 is 0 Å². The van der Waals surface area contributed by atoms with Crippen LogP contribution in [0.2, 0.25) is 0 Å². The van der Waals surface area contributed by atoms with Gasteiger partial charge in [0, 0.05) is 56.2 Å². The van der Waals surface area contributed by atoms with Crippen LogP contribution >= 0.6 is 0 Å². The molecule has 0 fully saturated rings. The van der Waals surface area contributed by atoms with Crippen molar-refractivity contribution in [2.24, 2.45) is 15.7 Å². The predicted octanol–water partition coefficient (Wildman–Crippen LogP) is 6.18. The highest BCUT2D eigenvalue weighted by Gasteiger charge is 2.43. The quantitative estimate of drug-likeness (QED) is 0.228. The Morgan fingerprint density at radius 2 is 1.31 bits per heavy atom. The van der Waals surface area contributed by atoms with Gasteiger partial charge in [-0.15, -0.1) is 6.58 Å². The average Bonchev–Trinajstić information content (AvgIpc) is 3.57. The molecule has 0 radical (unpaired) electrons. The number of aliphatic imine (C=N–C) groups is 2. The highest BCUT2D eigenvalue weighted by molar-refractivity contribution is 6.06. The molecule has 248 valence electrons. The Hall–Kier alpha value is -5.42. The van der Waals surface area contributed by atoms with Crippen LogP contribution in [0.25, 0.3) is 0 Å². The van der Waals surface area contributed by atoms with Crippen molar-refractivity contribution in [3.8, 4) is 23.0 Å². The number of hydrogen-bond acceptors (Lipinski definition) is 9. The highest BCUT2D eigenvalue weighted by atomic mass is 16.5. The third kappa shape index (κ3) is 5.70. The van der Waals surface area contributed by atoms with Crippen LogP contribution in [0.15, 0.2) is 94.8 Å². The highest BCUT2D eigenvalue weighted by Crippen LogP contribution is 2.43. The molecule has 2 aromatic carbocycles. The van der Waals surface area contributed by atoms with Crippen molar-refractivity contribution in [3.63, 3.8) is 0 Å². The molecule has 11 nitrogen and oxygen atoms in total. The van der Waals surface area contributed by atoms with Gasteiger partial charge in [0.05, 0.1) is 49.9 Å². The standard InChI is InChI=1S/C37H39N5O6/c1-6-10-24-18-36(8-3)22-39-28-16-32(30(45-4)14-26(28)34(43)41(36)20-24)47-12-9-13-48-33-17-29-27(15-31(33)46-5)35(44)42-21-25(11-7-2)19-37(42,38)23-40-29/h6-8,10-11,14-17,20-23H,3,9,12-13,18-19,38H2,1-2,4-5H3/b10-6+,11-7+/t36?,37-/m0/s1. The van der Waals surface area contributed by atoms with Gasteiger partial charge in [-0.05, 0) is 37.1 Å². The van der Waals surface area contributed by atoms with E-state index in [-0.39, 0.29) is 18.4 Å². The Morgan fingerprint density at radius 1 is 0.792 bits per heavy atom. The molecule has 0 aliphatic carbocycles. The van der Waals surface area contributed by atoms with Gasteiger partial charge in [0.25, 0.3) is 11.8 Å². The maximum Gasteiger partial charge on any atom is 0.261 e. The molecule has 4 heterocycles. The second kappa shape index (κ2) is 13.0. The molecule has 4 aliphatic rings. The molecule has 0 bridgehead atoms. The summed E-state index contributed by atoms with van der Waals surface area (Å²) >= 11 is 0. The fourth-order valence-electron chi connectivity index (χ4n) is 6.30. The van der Waals surface area contributed by atoms with Gasteiger partial charge in [-0.3, -0.25) is 29.4 Å². The molecular formula is C37H39N5O6. The van der Waals surface area contributed by atoms with Crippen molar-refractivity contribution in [1.82, 2.24) is 9.80 Å². The number of amides is 2. The molecule has 0 saturated carbocycles. The number of ether oxygens (including phenoxy) is 4. The van der Waals surface area contributed by atoms with E-state index < -0.39 is 11.2 Å². The average molecular weight is 650 g/mol. The molecule has 2 atom stereocenters. The lowest BCUT2D eigenvalue weighted by Crippen LogP contribution is -2.54. The third-order valence-electron chi connectivity index (χ3n) is 8.70. The molecule has 11 heteroatoms. The number of nitrogens with two attached hydrogens (primary N) is 1. The van der Waals surface area contributed by atoms with E-state index in [4.69, 9.17) is 29.7 Å². The monoisotopic (exact) mass is 649 g/mol. The van der Waals surface area contributed by atoms with E-state index in [0.717, 1.165) is 11.1 Å². The van der Waals surface area contributed by atoms with Crippen LogP contribution in [0.5, 0.6) is 23.0 Å². The van der Waals surface area contributed by atoms with Crippen molar-refractivity contribution < 1.29 is 28.5 Å². The van der Waals surface area contributed by atoms with Crippen LogP contribution in [-0.4, -0.2) is 72.7 Å². The van der Waals surface area contributed by atoms with Crippen molar-refractivity contribution in [3.05, 3.63) is 95.9 Å². The van der Waals surface area contributed by atoms with Crippen molar-refractivity contribution >= 4 is 35.6 Å². The largest absolute Gasteiger partial charge is 0.493 e. The maximum atomic E-state index is 13.7. The molecule has 4 aliphatic heterocycles. The number of methoxy groups -OCH3 is 2. The van der Waals surface area contributed by atoms with E-state index in [0.29, 0.717) is 71.4 Å². The summed E-state index contributed by atoms with van der Waals surface area (Å²) in [4.78, 5) is 39.7. The molecule has 0 saturated heterocycles. The minimum absolute atomic E-state index is 0.197. The number of carbonyl (C=O) groups is 2. The minimum atomic E-state index is -1.05. The summed E-state index contributed by atoms with van der Waals surface area (Å²) in [6.45, 7) is 8.44. The molecule has 2 aromatic rings. The van der Waals surface area contributed by atoms with Crippen molar-refractivity contribution in [2.75, 3.05) is 27.4 Å². The Labute approximate surface area is 280 Å². The maximum absolute atomic E-state index is 13.7. The van der Waals surface area contributed by atoms with Gasteiger partial charge in [-0.1, -0.05) is 30.4 Å². The van der Waals surface area contributed by atoms with Crippen LogP contribution in [0.1, 0.15) is 53.8 Å². The van der Waals surface area contributed by atoms with Gasteiger partial charge in [0.15, 0.2) is 23.0 Å².